The summed E-state index contributed by atoms with van der Waals surface area (Å²) in [5, 5.41) is 0.794. The number of amides is 1. The number of para-hydroxylation sites is 2. The first kappa shape index (κ1) is 19.2. The number of esters is 1. The van der Waals surface area contributed by atoms with Crippen LogP contribution < -0.4 is 4.90 Å². The minimum atomic E-state index is -0.945. The summed E-state index contributed by atoms with van der Waals surface area (Å²) in [4.78, 5) is 27.6. The molecule has 1 aliphatic heterocycles. The molecule has 0 aliphatic carbocycles. The minimum absolute atomic E-state index is 0.0105. The zero-order valence-electron chi connectivity index (χ0n) is 16.7. The van der Waals surface area contributed by atoms with Gasteiger partial charge in [-0.2, -0.15) is 0 Å². The standard InChI is InChI=1S/C23H23NO5/c1-14-12-16-8-4-6-10-19(16)24(14)22(25)15(2)28-23(26)21-18(13-27-3)17-9-5-7-11-20(17)29-21/h4-11,14-15H,12-13H2,1-3H3/t14-,15+/m1/s1. The predicted octanol–water partition coefficient (Wildman–Crippen LogP) is 4.10. The van der Waals surface area contributed by atoms with Crippen LogP contribution in [0.1, 0.15) is 35.5 Å². The van der Waals surface area contributed by atoms with Crippen molar-refractivity contribution in [1.29, 1.82) is 0 Å². The van der Waals surface area contributed by atoms with Crippen LogP contribution in [0.4, 0.5) is 5.69 Å². The Bertz CT molecular complexity index is 1070. The molecule has 0 N–H and O–H groups in total. The van der Waals surface area contributed by atoms with Gasteiger partial charge in [-0.25, -0.2) is 4.79 Å². The Balaban J connectivity index is 1.57. The second kappa shape index (κ2) is 7.72. The predicted molar refractivity (Wildman–Crippen MR) is 109 cm³/mol. The van der Waals surface area contributed by atoms with Gasteiger partial charge in [0.2, 0.25) is 5.76 Å². The molecule has 2 heterocycles. The van der Waals surface area contributed by atoms with Crippen LogP contribution >= 0.6 is 0 Å². The highest BCUT2D eigenvalue weighted by Crippen LogP contribution is 2.33. The van der Waals surface area contributed by atoms with Crippen LogP contribution in [0.5, 0.6) is 0 Å². The number of carbonyl (C=O) groups is 2. The van der Waals surface area contributed by atoms with E-state index in [0.717, 1.165) is 23.1 Å². The first-order valence-electron chi connectivity index (χ1n) is 9.62. The van der Waals surface area contributed by atoms with E-state index < -0.39 is 12.1 Å². The molecule has 3 aromatic rings. The number of anilines is 1. The third-order valence-electron chi connectivity index (χ3n) is 5.25. The van der Waals surface area contributed by atoms with E-state index in [-0.39, 0.29) is 24.3 Å². The van der Waals surface area contributed by atoms with Gasteiger partial charge in [-0.15, -0.1) is 0 Å². The molecule has 4 rings (SSSR count). The molecule has 1 amide bonds. The summed E-state index contributed by atoms with van der Waals surface area (Å²) in [5.74, 6) is -0.850. The molecule has 0 radical (unpaired) electrons. The van der Waals surface area contributed by atoms with Crippen LogP contribution in [-0.2, 0) is 27.3 Å². The van der Waals surface area contributed by atoms with Gasteiger partial charge in [-0.3, -0.25) is 4.79 Å². The molecule has 6 nitrogen and oxygen atoms in total. The summed E-state index contributed by atoms with van der Waals surface area (Å²) in [6, 6.07) is 15.1. The lowest BCUT2D eigenvalue weighted by atomic mass is 10.1. The monoisotopic (exact) mass is 393 g/mol. The van der Waals surface area contributed by atoms with Crippen LogP contribution in [0.25, 0.3) is 11.0 Å². The summed E-state index contributed by atoms with van der Waals surface area (Å²) in [6.07, 6.45) is -0.163. The van der Waals surface area contributed by atoms with Gasteiger partial charge in [0.25, 0.3) is 5.91 Å². The third-order valence-corrected chi connectivity index (χ3v) is 5.25. The maximum atomic E-state index is 13.1. The maximum Gasteiger partial charge on any atom is 0.375 e. The molecule has 0 bridgehead atoms. The zero-order valence-corrected chi connectivity index (χ0v) is 16.7. The number of furan rings is 1. The average Bonchev–Trinajstić information content (AvgIpc) is 3.25. The van der Waals surface area contributed by atoms with Crippen molar-refractivity contribution in [2.24, 2.45) is 0 Å². The van der Waals surface area contributed by atoms with Crippen LogP contribution in [0.15, 0.2) is 52.9 Å². The van der Waals surface area contributed by atoms with Crippen LogP contribution in [0, 0.1) is 0 Å². The van der Waals surface area contributed by atoms with Crippen molar-refractivity contribution in [3.63, 3.8) is 0 Å². The van der Waals surface area contributed by atoms with Crippen molar-refractivity contribution in [2.45, 2.75) is 39.0 Å². The number of rotatable bonds is 5. The fourth-order valence-corrected chi connectivity index (χ4v) is 3.91. The fourth-order valence-electron chi connectivity index (χ4n) is 3.91. The molecule has 1 aromatic heterocycles. The normalized spacial score (nSPS) is 16.7. The van der Waals surface area contributed by atoms with E-state index in [1.807, 2.05) is 49.4 Å². The summed E-state index contributed by atoms with van der Waals surface area (Å²) in [7, 11) is 1.55. The smallest absolute Gasteiger partial charge is 0.375 e. The lowest BCUT2D eigenvalue weighted by Gasteiger charge is -2.25. The topological polar surface area (TPSA) is 69.0 Å². The molecule has 0 fully saturated rings. The van der Waals surface area contributed by atoms with E-state index in [1.54, 1.807) is 25.0 Å². The SMILES string of the molecule is COCc1c(C(=O)O[C@@H](C)C(=O)N2c3ccccc3C[C@H]2C)oc2ccccc12. The fraction of sp³-hybridized carbons (Fsp3) is 0.304. The van der Waals surface area contributed by atoms with Gasteiger partial charge in [0.1, 0.15) is 5.58 Å². The summed E-state index contributed by atoms with van der Waals surface area (Å²) >= 11 is 0. The van der Waals surface area contributed by atoms with E-state index in [4.69, 9.17) is 13.9 Å². The molecule has 150 valence electrons. The summed E-state index contributed by atoms with van der Waals surface area (Å²) in [5.41, 5.74) is 3.18. The van der Waals surface area contributed by atoms with E-state index in [2.05, 4.69) is 0 Å². The van der Waals surface area contributed by atoms with E-state index in [0.29, 0.717) is 11.1 Å². The Kier molecular flexibility index (Phi) is 5.11. The van der Waals surface area contributed by atoms with Gasteiger partial charge < -0.3 is 18.8 Å². The number of nitrogens with zero attached hydrogens (tertiary/aromatic N) is 1. The van der Waals surface area contributed by atoms with Crippen molar-refractivity contribution in [3.8, 4) is 0 Å². The van der Waals surface area contributed by atoms with E-state index in [1.165, 1.54) is 0 Å². The minimum Gasteiger partial charge on any atom is -0.449 e. The molecule has 0 saturated heterocycles. The molecular formula is C23H23NO5. The van der Waals surface area contributed by atoms with E-state index >= 15 is 0 Å². The molecule has 2 aromatic carbocycles. The van der Waals surface area contributed by atoms with Gasteiger partial charge in [0.05, 0.1) is 6.61 Å². The van der Waals surface area contributed by atoms with Crippen molar-refractivity contribution in [3.05, 3.63) is 65.4 Å². The zero-order chi connectivity index (χ0) is 20.5. The summed E-state index contributed by atoms with van der Waals surface area (Å²) < 4.78 is 16.5. The summed E-state index contributed by atoms with van der Waals surface area (Å²) in [6.45, 7) is 3.79. The van der Waals surface area contributed by atoms with Gasteiger partial charge in [0.15, 0.2) is 6.10 Å². The molecule has 2 atom stereocenters. The molecule has 1 aliphatic rings. The largest absolute Gasteiger partial charge is 0.449 e. The van der Waals surface area contributed by atoms with E-state index in [9.17, 15) is 9.59 Å². The van der Waals surface area contributed by atoms with Gasteiger partial charge in [-0.1, -0.05) is 36.4 Å². The highest BCUT2D eigenvalue weighted by Gasteiger charge is 2.35. The average molecular weight is 393 g/mol. The van der Waals surface area contributed by atoms with Crippen molar-refractivity contribution in [2.75, 3.05) is 12.0 Å². The van der Waals surface area contributed by atoms with Crippen molar-refractivity contribution >= 4 is 28.5 Å². The Hall–Kier alpha value is -3.12. The molecule has 0 saturated carbocycles. The second-order valence-electron chi connectivity index (χ2n) is 7.28. The number of fused-ring (bicyclic) bond motifs is 2. The van der Waals surface area contributed by atoms with Crippen LogP contribution in [-0.4, -0.2) is 31.1 Å². The lowest BCUT2D eigenvalue weighted by Crippen LogP contribution is -2.43. The van der Waals surface area contributed by atoms with Gasteiger partial charge >= 0.3 is 5.97 Å². The molecule has 29 heavy (non-hydrogen) atoms. The van der Waals surface area contributed by atoms with Crippen molar-refractivity contribution in [1.82, 2.24) is 0 Å². The highest BCUT2D eigenvalue weighted by atomic mass is 16.6. The Morgan fingerprint density at radius 3 is 2.69 bits per heavy atom. The van der Waals surface area contributed by atoms with Gasteiger partial charge in [0, 0.05) is 29.8 Å². The number of hydrogen-bond acceptors (Lipinski definition) is 5. The van der Waals surface area contributed by atoms with Crippen molar-refractivity contribution < 1.29 is 23.5 Å². The molecule has 6 heteroatoms. The van der Waals surface area contributed by atoms with Gasteiger partial charge in [-0.05, 0) is 38.0 Å². The number of benzene rings is 2. The maximum absolute atomic E-state index is 13.1. The highest BCUT2D eigenvalue weighted by molar-refractivity contribution is 6.01. The molecule has 0 unspecified atom stereocenters. The number of ether oxygens (including phenoxy) is 2. The Labute approximate surface area is 169 Å². The number of methoxy groups -OCH3 is 1. The lowest BCUT2D eigenvalue weighted by molar-refractivity contribution is -0.126. The second-order valence-corrected chi connectivity index (χ2v) is 7.28. The Morgan fingerprint density at radius 2 is 1.90 bits per heavy atom. The number of carbonyl (C=O) groups excluding carboxylic acids is 2. The quantitative estimate of drug-likeness (QED) is 0.611. The first-order valence-corrected chi connectivity index (χ1v) is 9.62. The molecular weight excluding hydrogens is 370 g/mol. The van der Waals surface area contributed by atoms with Crippen LogP contribution in [0.2, 0.25) is 0 Å². The first-order chi connectivity index (χ1) is 14.0. The Morgan fingerprint density at radius 1 is 1.17 bits per heavy atom. The molecule has 0 spiro atoms. The number of hydrogen-bond donors (Lipinski definition) is 0. The third kappa shape index (κ3) is 3.40. The van der Waals surface area contributed by atoms with Crippen LogP contribution in [0.3, 0.4) is 0 Å².